The van der Waals surface area contributed by atoms with E-state index in [1.54, 1.807) is 0 Å². The van der Waals surface area contributed by atoms with Crippen LogP contribution in [0, 0.1) is 17.1 Å². The van der Waals surface area contributed by atoms with Gasteiger partial charge in [0, 0.05) is 6.54 Å². The van der Waals surface area contributed by atoms with Gasteiger partial charge in [0.1, 0.15) is 35.4 Å². The molecule has 2 aromatic rings. The molecular weight excluding hydrogens is 441 g/mol. The lowest BCUT2D eigenvalue weighted by Crippen LogP contribution is -2.49. The third-order valence-corrected chi connectivity index (χ3v) is 6.34. The van der Waals surface area contributed by atoms with Gasteiger partial charge in [-0.15, -0.1) is 0 Å². The van der Waals surface area contributed by atoms with Gasteiger partial charge < -0.3 is 16.4 Å². The van der Waals surface area contributed by atoms with Gasteiger partial charge in [0.05, 0.1) is 11.4 Å². The van der Waals surface area contributed by atoms with E-state index in [0.717, 1.165) is 24.2 Å². The van der Waals surface area contributed by atoms with E-state index in [4.69, 9.17) is 5.73 Å². The highest BCUT2D eigenvalue weighted by atomic mass is 19.1. The molecule has 178 valence electrons. The summed E-state index contributed by atoms with van der Waals surface area (Å²) in [6.07, 6.45) is 4.82. The Kier molecular flexibility index (Phi) is 6.49. The number of amides is 4. The minimum atomic E-state index is -0.855. The summed E-state index contributed by atoms with van der Waals surface area (Å²) in [7, 11) is 0. The quantitative estimate of drug-likeness (QED) is 0.418. The molecule has 0 atom stereocenters. The minimum absolute atomic E-state index is 0.156. The summed E-state index contributed by atoms with van der Waals surface area (Å²) in [5.41, 5.74) is 6.42. The summed E-state index contributed by atoms with van der Waals surface area (Å²) in [5, 5.41) is 19.3. The van der Waals surface area contributed by atoms with Crippen LogP contribution < -0.4 is 16.4 Å². The average Bonchev–Trinajstić information content (AvgIpc) is 3.26. The Hall–Kier alpha value is -3.94. The van der Waals surface area contributed by atoms with E-state index in [-0.39, 0.29) is 30.4 Å². The second-order valence-electron chi connectivity index (χ2n) is 8.62. The van der Waals surface area contributed by atoms with Crippen molar-refractivity contribution >= 4 is 23.7 Å². The molecule has 4 N–H and O–H groups in total. The fourth-order valence-electron chi connectivity index (χ4n) is 4.55. The minimum Gasteiger partial charge on any atom is -0.382 e. The molecule has 1 aromatic carbocycles. The normalized spacial score (nSPS) is 17.0. The van der Waals surface area contributed by atoms with Crippen molar-refractivity contribution in [3.63, 3.8) is 0 Å². The summed E-state index contributed by atoms with van der Waals surface area (Å²) in [5.74, 6) is -1.00. The van der Waals surface area contributed by atoms with Gasteiger partial charge in [-0.05, 0) is 49.9 Å². The molecule has 2 aliphatic rings. The highest BCUT2D eigenvalue weighted by molar-refractivity contribution is 6.09. The molecule has 1 aromatic heterocycles. The zero-order valence-electron chi connectivity index (χ0n) is 18.6. The number of aromatic nitrogens is 2. The predicted molar refractivity (Wildman–Crippen MR) is 120 cm³/mol. The van der Waals surface area contributed by atoms with Gasteiger partial charge in [-0.3, -0.25) is 14.5 Å². The summed E-state index contributed by atoms with van der Waals surface area (Å²) in [6.45, 7) is -0.0657. The molecule has 0 bridgehead atoms. The van der Waals surface area contributed by atoms with Crippen molar-refractivity contribution < 1.29 is 18.8 Å². The Morgan fingerprint density at radius 2 is 1.94 bits per heavy atom. The lowest BCUT2D eigenvalue weighted by atomic mass is 9.82. The summed E-state index contributed by atoms with van der Waals surface area (Å²) in [4.78, 5) is 38.4. The van der Waals surface area contributed by atoms with Gasteiger partial charge >= 0.3 is 6.03 Å². The van der Waals surface area contributed by atoms with Crippen molar-refractivity contribution in [3.8, 4) is 11.8 Å². The number of urea groups is 1. The highest BCUT2D eigenvalue weighted by Gasteiger charge is 2.51. The Balaban J connectivity index is 1.31. The number of nitriles is 1. The van der Waals surface area contributed by atoms with Crippen LogP contribution in [-0.4, -0.2) is 51.2 Å². The summed E-state index contributed by atoms with van der Waals surface area (Å²) < 4.78 is 14.6. The second kappa shape index (κ2) is 9.51. The first-order chi connectivity index (χ1) is 16.3. The fourth-order valence-corrected chi connectivity index (χ4v) is 4.55. The monoisotopic (exact) mass is 467 g/mol. The Morgan fingerprint density at radius 3 is 2.62 bits per heavy atom. The molecule has 0 unspecified atom stereocenters. The predicted octanol–water partition coefficient (Wildman–Crippen LogP) is 1.77. The van der Waals surface area contributed by atoms with Crippen LogP contribution >= 0.6 is 0 Å². The number of anilines is 1. The van der Waals surface area contributed by atoms with Crippen molar-refractivity contribution in [2.24, 2.45) is 0 Å². The van der Waals surface area contributed by atoms with Crippen LogP contribution in [0.2, 0.25) is 0 Å². The molecule has 34 heavy (non-hydrogen) atoms. The number of nitrogens with zero attached hydrogens (tertiary/aromatic N) is 4. The number of carbonyl (C=O) groups excluding carboxylic acids is 3. The third-order valence-electron chi connectivity index (χ3n) is 6.34. The maximum Gasteiger partial charge on any atom is 0.325 e. The number of rotatable bonds is 7. The van der Waals surface area contributed by atoms with Gasteiger partial charge in [-0.2, -0.15) is 10.4 Å². The fraction of sp³-hybridized carbons (Fsp3) is 0.435. The molecule has 1 aliphatic heterocycles. The van der Waals surface area contributed by atoms with E-state index in [1.807, 2.05) is 6.07 Å². The number of nitrogen functional groups attached to an aromatic ring is 1. The molecule has 1 saturated carbocycles. The number of hydrogen-bond acceptors (Lipinski definition) is 6. The number of hydrogen-bond donors (Lipinski definition) is 3. The first kappa shape index (κ1) is 23.2. The highest BCUT2D eigenvalue weighted by Crippen LogP contribution is 2.33. The lowest BCUT2D eigenvalue weighted by molar-refractivity contribution is -0.135. The number of aryl methyl sites for hydroxylation is 1. The van der Waals surface area contributed by atoms with Crippen LogP contribution in [0.25, 0.3) is 5.69 Å². The Morgan fingerprint density at radius 1 is 1.24 bits per heavy atom. The van der Waals surface area contributed by atoms with Crippen LogP contribution in [0.5, 0.6) is 0 Å². The molecule has 2 fully saturated rings. The van der Waals surface area contributed by atoms with Crippen molar-refractivity contribution in [1.29, 1.82) is 5.26 Å². The Labute approximate surface area is 195 Å². The van der Waals surface area contributed by atoms with Gasteiger partial charge in [0.25, 0.3) is 5.91 Å². The van der Waals surface area contributed by atoms with Crippen molar-refractivity contribution in [1.82, 2.24) is 25.3 Å². The molecule has 2 heterocycles. The van der Waals surface area contributed by atoms with Gasteiger partial charge in [0.2, 0.25) is 5.91 Å². The molecule has 1 aliphatic carbocycles. The van der Waals surface area contributed by atoms with Gasteiger partial charge in [-0.1, -0.05) is 19.3 Å². The van der Waals surface area contributed by atoms with Crippen molar-refractivity contribution in [3.05, 3.63) is 41.3 Å². The van der Waals surface area contributed by atoms with E-state index in [2.05, 4.69) is 15.7 Å². The molecule has 10 nitrogen and oxygen atoms in total. The smallest absolute Gasteiger partial charge is 0.325 e. The van der Waals surface area contributed by atoms with Crippen LogP contribution in [0.1, 0.15) is 49.8 Å². The molecule has 4 amide bonds. The topological polar surface area (TPSA) is 146 Å². The van der Waals surface area contributed by atoms with Gasteiger partial charge in [-0.25, -0.2) is 13.9 Å². The van der Waals surface area contributed by atoms with E-state index in [1.165, 1.54) is 28.9 Å². The summed E-state index contributed by atoms with van der Waals surface area (Å²) >= 11 is 0. The molecular formula is C23H26FN7O3. The third kappa shape index (κ3) is 4.44. The molecule has 11 heteroatoms. The molecule has 4 rings (SSSR count). The number of imide groups is 1. The first-order valence-electron chi connectivity index (χ1n) is 11.3. The Bertz CT molecular complexity index is 1150. The molecule has 1 spiro atoms. The van der Waals surface area contributed by atoms with Crippen molar-refractivity contribution in [2.45, 2.75) is 50.5 Å². The van der Waals surface area contributed by atoms with Crippen LogP contribution in [0.3, 0.4) is 0 Å². The maximum atomic E-state index is 13.2. The number of nitrogens with one attached hydrogen (secondary N) is 2. The van der Waals surface area contributed by atoms with Crippen LogP contribution in [0.4, 0.5) is 15.0 Å². The number of nitrogens with two attached hydrogens (primary N) is 1. The average molecular weight is 468 g/mol. The van der Waals surface area contributed by atoms with Crippen molar-refractivity contribution in [2.75, 3.05) is 18.8 Å². The standard InChI is InChI=1S/C23H26FN7O3/c24-15-6-8-16(9-7-15)31-20(26)17(13-25)18(29-31)5-4-12-27-19(32)14-30-21(33)23(28-22(30)34)10-2-1-3-11-23/h6-9H,1-5,10-12,14,26H2,(H,27,32)(H,28,34). The zero-order chi connectivity index (χ0) is 24.3. The van der Waals surface area contributed by atoms with E-state index in [0.29, 0.717) is 37.1 Å². The second-order valence-corrected chi connectivity index (χ2v) is 8.62. The SMILES string of the molecule is N#Cc1c(CCCNC(=O)CN2C(=O)NC3(CCCCC3)C2=O)nn(-c2ccc(F)cc2)c1N. The van der Waals surface area contributed by atoms with E-state index in [9.17, 15) is 24.0 Å². The maximum absolute atomic E-state index is 13.2. The number of carbonyl (C=O) groups is 3. The van der Waals surface area contributed by atoms with E-state index < -0.39 is 23.3 Å². The first-order valence-corrected chi connectivity index (χ1v) is 11.3. The zero-order valence-corrected chi connectivity index (χ0v) is 18.6. The molecule has 1 saturated heterocycles. The number of halogens is 1. The van der Waals surface area contributed by atoms with Gasteiger partial charge in [0.15, 0.2) is 0 Å². The lowest BCUT2D eigenvalue weighted by Gasteiger charge is -2.30. The largest absolute Gasteiger partial charge is 0.382 e. The van der Waals surface area contributed by atoms with E-state index >= 15 is 0 Å². The number of benzene rings is 1. The van der Waals surface area contributed by atoms with Crippen LogP contribution in [0.15, 0.2) is 24.3 Å². The molecule has 0 radical (unpaired) electrons. The summed E-state index contributed by atoms with van der Waals surface area (Å²) in [6, 6.07) is 7.09. The van der Waals surface area contributed by atoms with Crippen LogP contribution in [-0.2, 0) is 16.0 Å².